The van der Waals surface area contributed by atoms with E-state index >= 15 is 0 Å². The summed E-state index contributed by atoms with van der Waals surface area (Å²) in [5.41, 5.74) is 4.63. The fourth-order valence-electron chi connectivity index (χ4n) is 2.56. The lowest BCUT2D eigenvalue weighted by Gasteiger charge is -2.25. The summed E-state index contributed by atoms with van der Waals surface area (Å²) < 4.78 is 0. The molecule has 0 fully saturated rings. The molecule has 0 aliphatic heterocycles. The van der Waals surface area contributed by atoms with Crippen molar-refractivity contribution in [2.24, 2.45) is 0 Å². The van der Waals surface area contributed by atoms with Crippen LogP contribution in [0.3, 0.4) is 0 Å². The molecule has 0 atom stereocenters. The lowest BCUT2D eigenvalue weighted by molar-refractivity contribution is 0.473. The smallest absolute Gasteiger partial charge is 0.0893 e. The molecule has 0 bridgehead atoms. The van der Waals surface area contributed by atoms with E-state index in [0.29, 0.717) is 0 Å². The Balaban J connectivity index is 2.52. The molecule has 0 aliphatic carbocycles. The first-order valence-corrected chi connectivity index (χ1v) is 7.52. The minimum atomic E-state index is 0.0378. The average molecular weight is 270 g/mol. The summed E-state index contributed by atoms with van der Waals surface area (Å²) in [6, 6.07) is 6.51. The third kappa shape index (κ3) is 3.00. The monoisotopic (exact) mass is 270 g/mol. The Hall–Kier alpha value is -1.44. The first-order valence-electron chi connectivity index (χ1n) is 7.52. The zero-order valence-corrected chi connectivity index (χ0v) is 13.6. The average Bonchev–Trinajstić information content (AvgIpc) is 2.36. The van der Waals surface area contributed by atoms with Crippen molar-refractivity contribution in [2.75, 3.05) is 0 Å². The van der Waals surface area contributed by atoms with Gasteiger partial charge in [0, 0.05) is 11.6 Å². The lowest BCUT2D eigenvalue weighted by atomic mass is 9.80. The maximum atomic E-state index is 4.82. The Bertz CT molecular complexity index is 606. The molecule has 1 heterocycles. The predicted molar refractivity (Wildman–Crippen MR) is 86.2 cm³/mol. The minimum Gasteiger partial charge on any atom is -0.253 e. The summed E-state index contributed by atoms with van der Waals surface area (Å²) >= 11 is 0. The van der Waals surface area contributed by atoms with Crippen LogP contribution in [0, 0.1) is 0 Å². The summed E-state index contributed by atoms with van der Waals surface area (Å²) in [4.78, 5) is 9.37. The maximum Gasteiger partial charge on any atom is 0.0893 e. The van der Waals surface area contributed by atoms with Crippen LogP contribution in [0.4, 0.5) is 0 Å². The van der Waals surface area contributed by atoms with Gasteiger partial charge in [-0.25, -0.2) is 4.98 Å². The molecule has 1 aromatic heterocycles. The molecule has 0 N–H and O–H groups in total. The van der Waals surface area contributed by atoms with Gasteiger partial charge in [0.15, 0.2) is 0 Å². The standard InChI is InChI=1S/C18H26N2/c1-7-10-18(5,6)13-8-9-14-15(11-13)20-16(12-19-14)17(2,3)4/h8-9,11-12H,7,10H2,1-6H3. The number of hydrogen-bond donors (Lipinski definition) is 0. The third-order valence-corrected chi connectivity index (χ3v) is 3.97. The van der Waals surface area contributed by atoms with Crippen molar-refractivity contribution in [2.45, 2.75) is 65.2 Å². The largest absolute Gasteiger partial charge is 0.253 e. The van der Waals surface area contributed by atoms with E-state index in [1.54, 1.807) is 0 Å². The highest BCUT2D eigenvalue weighted by atomic mass is 14.8. The van der Waals surface area contributed by atoms with E-state index in [1.165, 1.54) is 18.4 Å². The molecule has 0 spiro atoms. The van der Waals surface area contributed by atoms with Crippen molar-refractivity contribution < 1.29 is 0 Å². The van der Waals surface area contributed by atoms with Crippen molar-refractivity contribution in [1.29, 1.82) is 0 Å². The van der Waals surface area contributed by atoms with Gasteiger partial charge in [-0.2, -0.15) is 0 Å². The topological polar surface area (TPSA) is 25.8 Å². The molecule has 0 amide bonds. The Morgan fingerprint density at radius 1 is 1.00 bits per heavy atom. The maximum absolute atomic E-state index is 4.82. The second kappa shape index (κ2) is 5.16. The van der Waals surface area contributed by atoms with E-state index in [-0.39, 0.29) is 10.8 Å². The van der Waals surface area contributed by atoms with Crippen LogP contribution >= 0.6 is 0 Å². The second-order valence-electron chi connectivity index (χ2n) is 7.34. The highest BCUT2D eigenvalue weighted by Gasteiger charge is 2.21. The van der Waals surface area contributed by atoms with Gasteiger partial charge in [0.1, 0.15) is 0 Å². The van der Waals surface area contributed by atoms with Gasteiger partial charge in [-0.3, -0.25) is 4.98 Å². The van der Waals surface area contributed by atoms with E-state index in [1.807, 2.05) is 6.20 Å². The molecular weight excluding hydrogens is 244 g/mol. The highest BCUT2D eigenvalue weighted by Crippen LogP contribution is 2.30. The Kier molecular flexibility index (Phi) is 3.86. The van der Waals surface area contributed by atoms with Crippen molar-refractivity contribution in [1.82, 2.24) is 9.97 Å². The van der Waals surface area contributed by atoms with Gasteiger partial charge in [-0.05, 0) is 29.5 Å². The molecule has 0 saturated carbocycles. The zero-order chi connectivity index (χ0) is 15.0. The minimum absolute atomic E-state index is 0.0378. The number of benzene rings is 1. The van der Waals surface area contributed by atoms with Gasteiger partial charge in [-0.1, -0.05) is 54.0 Å². The number of aromatic nitrogens is 2. The quantitative estimate of drug-likeness (QED) is 0.784. The van der Waals surface area contributed by atoms with E-state index in [9.17, 15) is 0 Å². The highest BCUT2D eigenvalue weighted by molar-refractivity contribution is 5.75. The molecule has 1 aromatic carbocycles. The summed E-state index contributed by atoms with van der Waals surface area (Å²) in [5.74, 6) is 0. The number of hydrogen-bond acceptors (Lipinski definition) is 2. The van der Waals surface area contributed by atoms with Crippen LogP contribution in [-0.2, 0) is 10.8 Å². The number of nitrogens with zero attached hydrogens (tertiary/aromatic N) is 2. The van der Waals surface area contributed by atoms with Gasteiger partial charge < -0.3 is 0 Å². The first-order chi connectivity index (χ1) is 9.24. The van der Waals surface area contributed by atoms with Gasteiger partial charge in [0.05, 0.1) is 16.7 Å². The summed E-state index contributed by atoms with van der Waals surface area (Å²) in [5, 5.41) is 0. The molecule has 0 aliphatic rings. The van der Waals surface area contributed by atoms with Crippen LogP contribution in [0.2, 0.25) is 0 Å². The van der Waals surface area contributed by atoms with E-state index in [4.69, 9.17) is 4.98 Å². The Labute approximate surface area is 122 Å². The zero-order valence-electron chi connectivity index (χ0n) is 13.6. The van der Waals surface area contributed by atoms with E-state index in [2.05, 4.69) is 64.7 Å². The fourth-order valence-corrected chi connectivity index (χ4v) is 2.56. The van der Waals surface area contributed by atoms with Crippen LogP contribution in [0.5, 0.6) is 0 Å². The summed E-state index contributed by atoms with van der Waals surface area (Å²) in [6.45, 7) is 13.4. The molecule has 2 heteroatoms. The fraction of sp³-hybridized carbons (Fsp3) is 0.556. The van der Waals surface area contributed by atoms with Gasteiger partial charge in [0.2, 0.25) is 0 Å². The molecule has 2 aromatic rings. The summed E-state index contributed by atoms with van der Waals surface area (Å²) in [6.07, 6.45) is 4.28. The van der Waals surface area contributed by atoms with Crippen LogP contribution in [0.15, 0.2) is 24.4 Å². The van der Waals surface area contributed by atoms with Crippen LogP contribution in [0.1, 0.15) is 65.6 Å². The van der Waals surface area contributed by atoms with Crippen molar-refractivity contribution in [3.63, 3.8) is 0 Å². The molecule has 2 rings (SSSR count). The Morgan fingerprint density at radius 2 is 1.70 bits per heavy atom. The number of rotatable bonds is 3. The van der Waals surface area contributed by atoms with Crippen molar-refractivity contribution >= 4 is 11.0 Å². The van der Waals surface area contributed by atoms with Crippen molar-refractivity contribution in [3.05, 3.63) is 35.7 Å². The number of fused-ring (bicyclic) bond motifs is 1. The van der Waals surface area contributed by atoms with Gasteiger partial charge in [-0.15, -0.1) is 0 Å². The summed E-state index contributed by atoms with van der Waals surface area (Å²) in [7, 11) is 0. The predicted octanol–water partition coefficient (Wildman–Crippen LogP) is 5.01. The van der Waals surface area contributed by atoms with Crippen molar-refractivity contribution in [3.8, 4) is 0 Å². The van der Waals surface area contributed by atoms with Gasteiger partial charge >= 0.3 is 0 Å². The molecule has 0 saturated heterocycles. The second-order valence-corrected chi connectivity index (χ2v) is 7.34. The molecular formula is C18H26N2. The van der Waals surface area contributed by atoms with Crippen LogP contribution < -0.4 is 0 Å². The van der Waals surface area contributed by atoms with Crippen LogP contribution in [-0.4, -0.2) is 9.97 Å². The van der Waals surface area contributed by atoms with E-state index < -0.39 is 0 Å². The lowest BCUT2D eigenvalue weighted by Crippen LogP contribution is -2.17. The van der Waals surface area contributed by atoms with E-state index in [0.717, 1.165) is 16.7 Å². The molecule has 20 heavy (non-hydrogen) atoms. The molecule has 108 valence electrons. The molecule has 0 unspecified atom stereocenters. The normalized spacial score (nSPS) is 12.9. The first kappa shape index (κ1) is 15.0. The Morgan fingerprint density at radius 3 is 2.30 bits per heavy atom. The SMILES string of the molecule is CCCC(C)(C)c1ccc2ncc(C(C)(C)C)nc2c1. The van der Waals surface area contributed by atoms with Gasteiger partial charge in [0.25, 0.3) is 0 Å². The molecule has 0 radical (unpaired) electrons. The van der Waals surface area contributed by atoms with Crippen LogP contribution in [0.25, 0.3) is 11.0 Å². The third-order valence-electron chi connectivity index (χ3n) is 3.97. The molecule has 2 nitrogen and oxygen atoms in total.